The second kappa shape index (κ2) is 6.51. The highest BCUT2D eigenvalue weighted by Gasteiger charge is 2.30. The highest BCUT2D eigenvalue weighted by atomic mass is 16.5. The first-order valence-electron chi connectivity index (χ1n) is 8.64. The fourth-order valence-corrected chi connectivity index (χ4v) is 2.74. The maximum atomic E-state index is 12.9. The van der Waals surface area contributed by atoms with E-state index in [9.17, 15) is 9.90 Å². The van der Waals surface area contributed by atoms with Crippen molar-refractivity contribution in [3.63, 3.8) is 0 Å². The van der Waals surface area contributed by atoms with Gasteiger partial charge in [0.05, 0.1) is 16.6 Å². The molecule has 0 bridgehead atoms. The Labute approximate surface area is 141 Å². The number of aromatic nitrogens is 2. The lowest BCUT2D eigenvalue weighted by Gasteiger charge is -2.19. The van der Waals surface area contributed by atoms with E-state index in [0.29, 0.717) is 22.6 Å². The first-order chi connectivity index (χ1) is 11.4. The van der Waals surface area contributed by atoms with Crippen LogP contribution in [0.4, 0.5) is 0 Å². The molecular weight excluding hydrogens is 306 g/mol. The smallest absolute Gasteiger partial charge is 0.259 e. The first-order valence-corrected chi connectivity index (χ1v) is 8.64. The van der Waals surface area contributed by atoms with Gasteiger partial charge in [0.25, 0.3) is 11.6 Å². The van der Waals surface area contributed by atoms with E-state index in [2.05, 4.69) is 15.5 Å². The normalized spacial score (nSPS) is 17.2. The third kappa shape index (κ3) is 3.15. The van der Waals surface area contributed by atoms with Crippen LogP contribution in [0.5, 0.6) is 0 Å². The van der Waals surface area contributed by atoms with Crippen LogP contribution in [-0.2, 0) is 0 Å². The SMILES string of the molecule is CC(C)c1noc2nc(C3CC3)cc(C(=O)NC(C)C(C)CO)c12. The van der Waals surface area contributed by atoms with E-state index >= 15 is 0 Å². The number of hydrogen-bond donors (Lipinski definition) is 2. The van der Waals surface area contributed by atoms with Crippen molar-refractivity contribution in [1.29, 1.82) is 0 Å². The Kier molecular flexibility index (Phi) is 4.58. The first kappa shape index (κ1) is 16.9. The molecule has 2 unspecified atom stereocenters. The molecule has 2 atom stereocenters. The highest BCUT2D eigenvalue weighted by molar-refractivity contribution is 6.06. The fourth-order valence-electron chi connectivity index (χ4n) is 2.74. The Balaban J connectivity index is 2.03. The van der Waals surface area contributed by atoms with Crippen molar-refractivity contribution in [2.45, 2.75) is 58.4 Å². The number of fused-ring (bicyclic) bond motifs is 1. The molecule has 3 rings (SSSR count). The fraction of sp³-hybridized carbons (Fsp3) is 0.611. The topological polar surface area (TPSA) is 88.2 Å². The summed E-state index contributed by atoms with van der Waals surface area (Å²) < 4.78 is 5.41. The lowest BCUT2D eigenvalue weighted by molar-refractivity contribution is 0.0917. The summed E-state index contributed by atoms with van der Waals surface area (Å²) in [5.41, 5.74) is 2.68. The summed E-state index contributed by atoms with van der Waals surface area (Å²) in [4.78, 5) is 17.4. The van der Waals surface area contributed by atoms with Gasteiger partial charge in [0, 0.05) is 24.3 Å². The molecule has 2 aromatic heterocycles. The standard InChI is InChI=1S/C18H25N3O3/c1-9(2)16-15-13(17(23)19-11(4)10(3)8-22)7-14(12-5-6-12)20-18(15)24-21-16/h7,9-12,22H,5-6,8H2,1-4H3,(H,19,23). The average Bonchev–Trinajstić information content (AvgIpc) is 3.31. The molecule has 24 heavy (non-hydrogen) atoms. The van der Waals surface area contributed by atoms with Gasteiger partial charge in [-0.3, -0.25) is 4.79 Å². The largest absolute Gasteiger partial charge is 0.396 e. The molecule has 2 N–H and O–H groups in total. The predicted molar refractivity (Wildman–Crippen MR) is 91.0 cm³/mol. The Morgan fingerprint density at radius 3 is 2.67 bits per heavy atom. The molecule has 130 valence electrons. The molecule has 0 saturated heterocycles. The summed E-state index contributed by atoms with van der Waals surface area (Å²) in [5, 5.41) is 17.1. The molecule has 6 nitrogen and oxygen atoms in total. The van der Waals surface area contributed by atoms with Crippen LogP contribution in [0.3, 0.4) is 0 Å². The summed E-state index contributed by atoms with van der Waals surface area (Å²) in [6.45, 7) is 7.87. The minimum absolute atomic E-state index is 0.0128. The van der Waals surface area contributed by atoms with E-state index in [1.807, 2.05) is 33.8 Å². The molecule has 1 saturated carbocycles. The van der Waals surface area contributed by atoms with Crippen molar-refractivity contribution in [3.05, 3.63) is 23.0 Å². The summed E-state index contributed by atoms with van der Waals surface area (Å²) in [6.07, 6.45) is 2.20. The minimum atomic E-state index is -0.165. The maximum Gasteiger partial charge on any atom is 0.259 e. The molecule has 1 fully saturated rings. The van der Waals surface area contributed by atoms with Crippen LogP contribution in [0.2, 0.25) is 0 Å². The van der Waals surface area contributed by atoms with Gasteiger partial charge < -0.3 is 14.9 Å². The van der Waals surface area contributed by atoms with E-state index in [1.165, 1.54) is 0 Å². The van der Waals surface area contributed by atoms with Crippen molar-refractivity contribution >= 4 is 17.0 Å². The van der Waals surface area contributed by atoms with Crippen molar-refractivity contribution in [1.82, 2.24) is 15.5 Å². The zero-order chi connectivity index (χ0) is 17.4. The second-order valence-corrected chi connectivity index (χ2v) is 7.19. The van der Waals surface area contributed by atoms with Crippen molar-refractivity contribution in [2.24, 2.45) is 5.92 Å². The molecule has 0 aliphatic heterocycles. The molecule has 0 radical (unpaired) electrons. The Morgan fingerprint density at radius 1 is 1.38 bits per heavy atom. The van der Waals surface area contributed by atoms with Gasteiger partial charge in [0.1, 0.15) is 0 Å². The van der Waals surface area contributed by atoms with Gasteiger partial charge in [-0.1, -0.05) is 25.9 Å². The molecular formula is C18H25N3O3. The van der Waals surface area contributed by atoms with Crippen LogP contribution in [-0.4, -0.2) is 33.8 Å². The van der Waals surface area contributed by atoms with Crippen LogP contribution in [0.25, 0.3) is 11.1 Å². The monoisotopic (exact) mass is 331 g/mol. The molecule has 1 amide bonds. The quantitative estimate of drug-likeness (QED) is 0.849. The Bertz CT molecular complexity index is 749. The number of hydrogen-bond acceptors (Lipinski definition) is 5. The van der Waals surface area contributed by atoms with E-state index in [0.717, 1.165) is 24.2 Å². The average molecular weight is 331 g/mol. The molecule has 1 aliphatic rings. The lowest BCUT2D eigenvalue weighted by atomic mass is 10.00. The number of aliphatic hydroxyl groups excluding tert-OH is 1. The van der Waals surface area contributed by atoms with Crippen LogP contribution in [0.1, 0.15) is 74.1 Å². The number of amides is 1. The lowest BCUT2D eigenvalue weighted by Crippen LogP contribution is -2.38. The zero-order valence-corrected chi connectivity index (χ0v) is 14.7. The number of nitrogens with one attached hydrogen (secondary N) is 1. The number of nitrogens with zero attached hydrogens (tertiary/aromatic N) is 2. The Hall–Kier alpha value is -1.95. The van der Waals surface area contributed by atoms with Gasteiger partial charge in [0.2, 0.25) is 0 Å². The summed E-state index contributed by atoms with van der Waals surface area (Å²) in [7, 11) is 0. The summed E-state index contributed by atoms with van der Waals surface area (Å²) in [6, 6.07) is 1.76. The van der Waals surface area contributed by atoms with Gasteiger partial charge in [-0.05, 0) is 37.7 Å². The third-order valence-corrected chi connectivity index (χ3v) is 4.78. The van der Waals surface area contributed by atoms with E-state index in [-0.39, 0.29) is 30.4 Å². The van der Waals surface area contributed by atoms with E-state index < -0.39 is 0 Å². The maximum absolute atomic E-state index is 12.9. The molecule has 1 aliphatic carbocycles. The summed E-state index contributed by atoms with van der Waals surface area (Å²) >= 11 is 0. The van der Waals surface area contributed by atoms with Crippen LogP contribution < -0.4 is 5.32 Å². The molecule has 2 heterocycles. The van der Waals surface area contributed by atoms with E-state index in [4.69, 9.17) is 4.52 Å². The van der Waals surface area contributed by atoms with Crippen LogP contribution in [0.15, 0.2) is 10.6 Å². The molecule has 0 spiro atoms. The number of carbonyl (C=O) groups excluding carboxylic acids is 1. The highest BCUT2D eigenvalue weighted by Crippen LogP contribution is 2.41. The zero-order valence-electron chi connectivity index (χ0n) is 14.7. The van der Waals surface area contributed by atoms with Crippen molar-refractivity contribution < 1.29 is 14.4 Å². The van der Waals surface area contributed by atoms with Crippen molar-refractivity contribution in [2.75, 3.05) is 6.61 Å². The van der Waals surface area contributed by atoms with Crippen LogP contribution in [0, 0.1) is 5.92 Å². The van der Waals surface area contributed by atoms with Gasteiger partial charge in [-0.15, -0.1) is 0 Å². The van der Waals surface area contributed by atoms with Gasteiger partial charge in [0.15, 0.2) is 0 Å². The molecule has 2 aromatic rings. The molecule has 6 heteroatoms. The van der Waals surface area contributed by atoms with Gasteiger partial charge >= 0.3 is 0 Å². The predicted octanol–water partition coefficient (Wildman–Crippen LogP) is 2.97. The summed E-state index contributed by atoms with van der Waals surface area (Å²) in [5.74, 6) is 0.380. The van der Waals surface area contributed by atoms with E-state index in [1.54, 1.807) is 0 Å². The number of pyridine rings is 1. The third-order valence-electron chi connectivity index (χ3n) is 4.78. The Morgan fingerprint density at radius 2 is 2.08 bits per heavy atom. The minimum Gasteiger partial charge on any atom is -0.396 e. The van der Waals surface area contributed by atoms with Crippen molar-refractivity contribution in [3.8, 4) is 0 Å². The second-order valence-electron chi connectivity index (χ2n) is 7.19. The van der Waals surface area contributed by atoms with Crippen LogP contribution >= 0.6 is 0 Å². The number of rotatable bonds is 6. The number of aliphatic hydroxyl groups is 1. The molecule has 0 aromatic carbocycles. The number of carbonyl (C=O) groups is 1. The van der Waals surface area contributed by atoms with Gasteiger partial charge in [-0.25, -0.2) is 4.98 Å². The van der Waals surface area contributed by atoms with Gasteiger partial charge in [-0.2, -0.15) is 0 Å².